The van der Waals surface area contributed by atoms with Crippen LogP contribution in [0.1, 0.15) is 31.1 Å². The van der Waals surface area contributed by atoms with E-state index >= 15 is 0 Å². The number of nitrogens with one attached hydrogen (secondary N) is 1. The summed E-state index contributed by atoms with van der Waals surface area (Å²) in [5.74, 6) is 1.27. The SMILES string of the molecule is CCNC(=O)c1ccc2nc(-c3ccccc3O)nc(N3CCN(C(=O)OCC(C)C)CC3)c2c1. The topological polar surface area (TPSA) is 108 Å². The smallest absolute Gasteiger partial charge is 0.409 e. The molecule has 0 bridgehead atoms. The largest absolute Gasteiger partial charge is 0.507 e. The number of carbonyl (C=O) groups excluding carboxylic acids is 2. The van der Waals surface area contributed by atoms with Crippen LogP contribution in [0.3, 0.4) is 0 Å². The molecule has 35 heavy (non-hydrogen) atoms. The Bertz CT molecular complexity index is 1220. The summed E-state index contributed by atoms with van der Waals surface area (Å²) in [4.78, 5) is 38.2. The minimum absolute atomic E-state index is 0.0921. The molecule has 184 valence electrons. The number of carbonyl (C=O) groups is 2. The van der Waals surface area contributed by atoms with E-state index in [1.165, 1.54) is 0 Å². The molecule has 0 saturated carbocycles. The van der Waals surface area contributed by atoms with Gasteiger partial charge in [0.05, 0.1) is 17.7 Å². The van der Waals surface area contributed by atoms with Crippen molar-refractivity contribution in [3.05, 3.63) is 48.0 Å². The maximum Gasteiger partial charge on any atom is 0.409 e. The van der Waals surface area contributed by atoms with Gasteiger partial charge in [-0.25, -0.2) is 14.8 Å². The second-order valence-electron chi connectivity index (χ2n) is 8.92. The minimum atomic E-state index is -0.306. The predicted octanol–water partition coefficient (Wildman–Crippen LogP) is 3.67. The van der Waals surface area contributed by atoms with Crippen LogP contribution in [0.2, 0.25) is 0 Å². The van der Waals surface area contributed by atoms with Crippen LogP contribution in [0.5, 0.6) is 5.75 Å². The van der Waals surface area contributed by atoms with Gasteiger partial charge < -0.3 is 25.0 Å². The van der Waals surface area contributed by atoms with Gasteiger partial charge in [0.15, 0.2) is 5.82 Å². The number of aromatic nitrogens is 2. The van der Waals surface area contributed by atoms with Gasteiger partial charge in [-0.15, -0.1) is 0 Å². The number of piperazine rings is 1. The Morgan fingerprint density at radius 1 is 1.09 bits per heavy atom. The quantitative estimate of drug-likeness (QED) is 0.558. The molecule has 1 aliphatic heterocycles. The number of phenolic OH excluding ortho intramolecular Hbond substituents is 1. The zero-order chi connectivity index (χ0) is 24.9. The Balaban J connectivity index is 1.69. The highest BCUT2D eigenvalue weighted by atomic mass is 16.6. The lowest BCUT2D eigenvalue weighted by Gasteiger charge is -2.35. The van der Waals surface area contributed by atoms with Crippen molar-refractivity contribution in [2.45, 2.75) is 20.8 Å². The first-order valence-electron chi connectivity index (χ1n) is 11.9. The number of hydrogen-bond acceptors (Lipinski definition) is 7. The van der Waals surface area contributed by atoms with E-state index in [1.807, 2.05) is 26.8 Å². The first kappa shape index (κ1) is 24.3. The average Bonchev–Trinajstić information content (AvgIpc) is 2.87. The number of fused-ring (bicyclic) bond motifs is 1. The molecule has 2 aromatic carbocycles. The van der Waals surface area contributed by atoms with Crippen LogP contribution in [-0.4, -0.2) is 71.3 Å². The molecular weight excluding hydrogens is 446 g/mol. The van der Waals surface area contributed by atoms with Gasteiger partial charge in [-0.3, -0.25) is 4.79 Å². The molecule has 0 spiro atoms. The summed E-state index contributed by atoms with van der Waals surface area (Å²) in [6, 6.07) is 12.3. The van der Waals surface area contributed by atoms with Crippen LogP contribution >= 0.6 is 0 Å². The number of aromatic hydroxyl groups is 1. The van der Waals surface area contributed by atoms with Crippen molar-refractivity contribution in [3.8, 4) is 17.1 Å². The number of hydrogen-bond donors (Lipinski definition) is 2. The number of ether oxygens (including phenoxy) is 1. The van der Waals surface area contributed by atoms with Crippen LogP contribution in [0.4, 0.5) is 10.6 Å². The van der Waals surface area contributed by atoms with Gasteiger partial charge in [0.1, 0.15) is 11.6 Å². The fourth-order valence-electron chi connectivity index (χ4n) is 3.97. The summed E-state index contributed by atoms with van der Waals surface area (Å²) < 4.78 is 5.38. The lowest BCUT2D eigenvalue weighted by atomic mass is 10.1. The Morgan fingerprint density at radius 2 is 1.83 bits per heavy atom. The van der Waals surface area contributed by atoms with Crippen LogP contribution in [0.25, 0.3) is 22.3 Å². The highest BCUT2D eigenvalue weighted by Crippen LogP contribution is 2.32. The lowest BCUT2D eigenvalue weighted by Crippen LogP contribution is -2.49. The van der Waals surface area contributed by atoms with Gasteiger partial charge in [-0.05, 0) is 43.2 Å². The molecule has 2 amide bonds. The van der Waals surface area contributed by atoms with E-state index in [0.717, 1.165) is 5.39 Å². The number of anilines is 1. The minimum Gasteiger partial charge on any atom is -0.507 e. The van der Waals surface area contributed by atoms with Gasteiger partial charge in [0.2, 0.25) is 0 Å². The third-order valence-corrected chi connectivity index (χ3v) is 5.80. The van der Waals surface area contributed by atoms with Crippen molar-refractivity contribution in [3.63, 3.8) is 0 Å². The molecule has 1 aliphatic rings. The summed E-state index contributed by atoms with van der Waals surface area (Å²) in [5, 5.41) is 14.0. The maximum absolute atomic E-state index is 12.5. The van der Waals surface area contributed by atoms with Crippen LogP contribution in [0.15, 0.2) is 42.5 Å². The fraction of sp³-hybridized carbons (Fsp3) is 0.385. The zero-order valence-electron chi connectivity index (χ0n) is 20.3. The maximum atomic E-state index is 12.5. The van der Waals surface area contributed by atoms with Gasteiger partial charge >= 0.3 is 6.09 Å². The van der Waals surface area contributed by atoms with Crippen LogP contribution in [-0.2, 0) is 4.74 Å². The van der Waals surface area contributed by atoms with Crippen molar-refractivity contribution in [2.75, 3.05) is 44.2 Å². The van der Waals surface area contributed by atoms with Crippen LogP contribution in [0, 0.1) is 5.92 Å². The Morgan fingerprint density at radius 3 is 2.51 bits per heavy atom. The fourth-order valence-corrected chi connectivity index (χ4v) is 3.97. The molecule has 2 N–H and O–H groups in total. The molecule has 0 aliphatic carbocycles. The number of phenols is 1. The van der Waals surface area contributed by atoms with E-state index in [-0.39, 0.29) is 23.7 Å². The molecule has 1 saturated heterocycles. The monoisotopic (exact) mass is 477 g/mol. The van der Waals surface area contributed by atoms with Crippen molar-refractivity contribution < 1.29 is 19.4 Å². The first-order chi connectivity index (χ1) is 16.9. The lowest BCUT2D eigenvalue weighted by molar-refractivity contribution is 0.0900. The van der Waals surface area contributed by atoms with Gasteiger partial charge in [-0.2, -0.15) is 0 Å². The molecule has 9 nitrogen and oxygen atoms in total. The summed E-state index contributed by atoms with van der Waals surface area (Å²) in [5.41, 5.74) is 1.72. The number of nitrogens with zero attached hydrogens (tertiary/aromatic N) is 4. The zero-order valence-corrected chi connectivity index (χ0v) is 20.3. The van der Waals surface area contributed by atoms with Crippen molar-refractivity contribution in [2.24, 2.45) is 5.92 Å². The highest BCUT2D eigenvalue weighted by Gasteiger charge is 2.25. The molecule has 0 radical (unpaired) electrons. The number of benzene rings is 2. The molecule has 1 aromatic heterocycles. The molecule has 0 atom stereocenters. The Kier molecular flexibility index (Phi) is 7.33. The van der Waals surface area contributed by atoms with E-state index in [1.54, 1.807) is 41.3 Å². The molecule has 2 heterocycles. The van der Waals surface area contributed by atoms with E-state index in [9.17, 15) is 14.7 Å². The summed E-state index contributed by atoms with van der Waals surface area (Å²) in [6.07, 6.45) is -0.306. The van der Waals surface area contributed by atoms with Crippen LogP contribution < -0.4 is 10.2 Å². The number of amides is 2. The van der Waals surface area contributed by atoms with E-state index < -0.39 is 0 Å². The van der Waals surface area contributed by atoms with E-state index in [4.69, 9.17) is 9.72 Å². The van der Waals surface area contributed by atoms with Crippen molar-refractivity contribution >= 4 is 28.7 Å². The third-order valence-electron chi connectivity index (χ3n) is 5.80. The van der Waals surface area contributed by atoms with E-state index in [2.05, 4.69) is 15.2 Å². The molecule has 3 aromatic rings. The second kappa shape index (κ2) is 10.6. The normalized spacial score (nSPS) is 13.8. The first-order valence-corrected chi connectivity index (χ1v) is 11.9. The number of para-hydroxylation sites is 1. The molecule has 1 fully saturated rings. The third kappa shape index (κ3) is 5.45. The molecule has 9 heteroatoms. The second-order valence-corrected chi connectivity index (χ2v) is 8.92. The highest BCUT2D eigenvalue weighted by molar-refractivity contribution is 6.01. The Hall–Kier alpha value is -3.88. The van der Waals surface area contributed by atoms with Crippen molar-refractivity contribution in [1.29, 1.82) is 0 Å². The standard InChI is InChI=1S/C26H31N5O4/c1-4-27-25(33)18-9-10-21-20(15-18)24(29-23(28-21)19-7-5-6-8-22(19)32)30-11-13-31(14-12-30)26(34)35-16-17(2)3/h5-10,15,17,32H,4,11-14,16H2,1-3H3,(H,27,33). The molecule has 0 unspecified atom stereocenters. The van der Waals surface area contributed by atoms with E-state index in [0.29, 0.717) is 67.6 Å². The Labute approximate surface area is 204 Å². The van der Waals surface area contributed by atoms with Gasteiger partial charge in [-0.1, -0.05) is 26.0 Å². The van der Waals surface area contributed by atoms with Gasteiger partial charge in [0.25, 0.3) is 5.91 Å². The summed E-state index contributed by atoms with van der Waals surface area (Å²) >= 11 is 0. The van der Waals surface area contributed by atoms with Crippen molar-refractivity contribution in [1.82, 2.24) is 20.2 Å². The molecular formula is C26H31N5O4. The predicted molar refractivity (Wildman–Crippen MR) is 135 cm³/mol. The average molecular weight is 478 g/mol. The molecule has 4 rings (SSSR count). The van der Waals surface area contributed by atoms with Gasteiger partial charge in [0, 0.05) is 43.7 Å². The summed E-state index contributed by atoms with van der Waals surface area (Å²) in [7, 11) is 0. The summed E-state index contributed by atoms with van der Waals surface area (Å²) in [6.45, 7) is 8.88. The number of rotatable bonds is 6.